The number of rotatable bonds is 4. The maximum absolute atomic E-state index is 12.7. The van der Waals surface area contributed by atoms with Crippen LogP contribution in [0.4, 0.5) is 5.69 Å². The van der Waals surface area contributed by atoms with Crippen molar-refractivity contribution < 1.29 is 0 Å². The summed E-state index contributed by atoms with van der Waals surface area (Å²) in [6.45, 7) is 3.69. The molecule has 0 saturated heterocycles. The molecule has 0 amide bonds. The second kappa shape index (κ2) is 6.36. The molecule has 0 bridgehead atoms. The quantitative estimate of drug-likeness (QED) is 0.574. The van der Waals surface area contributed by atoms with Gasteiger partial charge in [-0.3, -0.25) is 15.3 Å². The van der Waals surface area contributed by atoms with E-state index in [1.165, 1.54) is 4.68 Å². The van der Waals surface area contributed by atoms with Crippen LogP contribution in [-0.4, -0.2) is 15.5 Å². The van der Waals surface area contributed by atoms with E-state index in [2.05, 4.69) is 15.6 Å². The zero-order valence-electron chi connectivity index (χ0n) is 13.1. The number of hydrazone groups is 1. The van der Waals surface area contributed by atoms with Crippen molar-refractivity contribution in [2.45, 2.75) is 13.8 Å². The van der Waals surface area contributed by atoms with Crippen LogP contribution >= 0.6 is 0 Å². The molecule has 1 heterocycles. The van der Waals surface area contributed by atoms with Crippen molar-refractivity contribution in [3.63, 3.8) is 0 Å². The normalized spacial score (nSPS) is 11.5. The van der Waals surface area contributed by atoms with Crippen LogP contribution in [0.2, 0.25) is 0 Å². The lowest BCUT2D eigenvalue weighted by molar-refractivity contribution is 0.835. The highest BCUT2D eigenvalue weighted by Crippen LogP contribution is 2.09. The number of benzene rings is 2. The Labute approximate surface area is 134 Å². The minimum atomic E-state index is -0.107. The van der Waals surface area contributed by atoms with Gasteiger partial charge in [0.1, 0.15) is 0 Å². The van der Waals surface area contributed by atoms with Crippen LogP contribution in [0.5, 0.6) is 0 Å². The van der Waals surface area contributed by atoms with Gasteiger partial charge < -0.3 is 0 Å². The third-order valence-corrected chi connectivity index (χ3v) is 3.57. The van der Waals surface area contributed by atoms with Gasteiger partial charge in [-0.1, -0.05) is 36.4 Å². The van der Waals surface area contributed by atoms with E-state index in [1.54, 1.807) is 0 Å². The fraction of sp³-hybridized carbons (Fsp3) is 0.111. The van der Waals surface area contributed by atoms with E-state index in [1.807, 2.05) is 74.5 Å². The average molecular weight is 306 g/mol. The molecule has 0 unspecified atom stereocenters. The van der Waals surface area contributed by atoms with Crippen molar-refractivity contribution in [3.05, 3.63) is 82.3 Å². The number of hydrogen-bond acceptors (Lipinski definition) is 3. The van der Waals surface area contributed by atoms with E-state index in [4.69, 9.17) is 0 Å². The number of para-hydroxylation sites is 2. The molecule has 2 aromatic carbocycles. The Hall–Kier alpha value is -3.08. The number of aromatic nitrogens is 2. The smallest absolute Gasteiger partial charge is 0.280 e. The first kappa shape index (κ1) is 14.8. The van der Waals surface area contributed by atoms with Gasteiger partial charge in [0, 0.05) is 5.69 Å². The standard InChI is InChI=1S/C18H18N4O/c1-13(19-20-15-9-5-3-6-10-15)17-14(2)21-22(18(17)23)16-11-7-4-8-12-16/h3-12,20-21H,1-2H3/b19-13+. The summed E-state index contributed by atoms with van der Waals surface area (Å²) in [7, 11) is 0. The van der Waals surface area contributed by atoms with E-state index in [9.17, 15) is 4.79 Å². The summed E-state index contributed by atoms with van der Waals surface area (Å²) >= 11 is 0. The van der Waals surface area contributed by atoms with Crippen LogP contribution in [0.15, 0.2) is 70.6 Å². The van der Waals surface area contributed by atoms with Gasteiger partial charge in [0.25, 0.3) is 5.56 Å². The third kappa shape index (κ3) is 3.08. The van der Waals surface area contributed by atoms with Crippen LogP contribution in [0, 0.1) is 6.92 Å². The van der Waals surface area contributed by atoms with E-state index in [0.717, 1.165) is 17.1 Å². The van der Waals surface area contributed by atoms with Crippen molar-refractivity contribution in [2.24, 2.45) is 5.10 Å². The number of aryl methyl sites for hydroxylation is 1. The van der Waals surface area contributed by atoms with E-state index < -0.39 is 0 Å². The molecule has 0 aliphatic heterocycles. The van der Waals surface area contributed by atoms with Gasteiger partial charge in [0.15, 0.2) is 0 Å². The van der Waals surface area contributed by atoms with Gasteiger partial charge in [-0.05, 0) is 38.1 Å². The number of anilines is 1. The van der Waals surface area contributed by atoms with Crippen molar-refractivity contribution in [1.82, 2.24) is 9.78 Å². The maximum atomic E-state index is 12.7. The fourth-order valence-corrected chi connectivity index (χ4v) is 2.45. The predicted molar refractivity (Wildman–Crippen MR) is 93.4 cm³/mol. The Morgan fingerprint density at radius 3 is 2.30 bits per heavy atom. The summed E-state index contributed by atoms with van der Waals surface area (Å²) < 4.78 is 1.53. The highest BCUT2D eigenvalue weighted by Gasteiger charge is 2.14. The van der Waals surface area contributed by atoms with Gasteiger partial charge in [-0.25, -0.2) is 4.68 Å². The van der Waals surface area contributed by atoms with Crippen molar-refractivity contribution in [3.8, 4) is 5.69 Å². The molecular formula is C18H18N4O. The molecule has 5 nitrogen and oxygen atoms in total. The Balaban J connectivity index is 1.94. The fourth-order valence-electron chi connectivity index (χ4n) is 2.45. The lowest BCUT2D eigenvalue weighted by atomic mass is 10.2. The zero-order valence-corrected chi connectivity index (χ0v) is 13.1. The van der Waals surface area contributed by atoms with E-state index in [-0.39, 0.29) is 5.56 Å². The molecule has 0 spiro atoms. The zero-order chi connectivity index (χ0) is 16.2. The maximum Gasteiger partial charge on any atom is 0.280 e. The van der Waals surface area contributed by atoms with Crippen LogP contribution in [0.3, 0.4) is 0 Å². The summed E-state index contributed by atoms with van der Waals surface area (Å²) in [4.78, 5) is 12.7. The topological polar surface area (TPSA) is 62.2 Å². The van der Waals surface area contributed by atoms with Crippen molar-refractivity contribution >= 4 is 11.4 Å². The second-order valence-electron chi connectivity index (χ2n) is 5.26. The molecule has 1 aromatic heterocycles. The average Bonchev–Trinajstić information content (AvgIpc) is 2.89. The molecule has 3 aromatic rings. The first-order chi connectivity index (χ1) is 11.2. The molecule has 0 fully saturated rings. The number of nitrogens with one attached hydrogen (secondary N) is 2. The first-order valence-corrected chi connectivity index (χ1v) is 7.39. The first-order valence-electron chi connectivity index (χ1n) is 7.39. The molecule has 0 aliphatic carbocycles. The van der Waals surface area contributed by atoms with Crippen LogP contribution in [0.1, 0.15) is 18.2 Å². The van der Waals surface area contributed by atoms with Crippen LogP contribution in [0.25, 0.3) is 5.69 Å². The molecule has 2 N–H and O–H groups in total. The molecule has 23 heavy (non-hydrogen) atoms. The van der Waals surface area contributed by atoms with E-state index >= 15 is 0 Å². The summed E-state index contributed by atoms with van der Waals surface area (Å²) in [6.07, 6.45) is 0. The predicted octanol–water partition coefficient (Wildman–Crippen LogP) is 3.31. The minimum absolute atomic E-state index is 0.107. The largest absolute Gasteiger partial charge is 0.295 e. The highest BCUT2D eigenvalue weighted by atomic mass is 16.1. The van der Waals surface area contributed by atoms with Crippen LogP contribution < -0.4 is 11.0 Å². The third-order valence-electron chi connectivity index (χ3n) is 3.57. The summed E-state index contributed by atoms with van der Waals surface area (Å²) in [5.74, 6) is 0. The van der Waals surface area contributed by atoms with Gasteiger partial charge in [-0.15, -0.1) is 0 Å². The SMILES string of the molecule is C/C(=N\Nc1ccccc1)c1c(C)[nH]n(-c2ccccc2)c1=O. The monoisotopic (exact) mass is 306 g/mol. The Kier molecular flexibility index (Phi) is 4.10. The van der Waals surface area contributed by atoms with Gasteiger partial charge in [0.2, 0.25) is 0 Å². The number of hydrogen-bond donors (Lipinski definition) is 2. The number of nitrogens with zero attached hydrogens (tertiary/aromatic N) is 2. The van der Waals surface area contributed by atoms with Crippen molar-refractivity contribution in [1.29, 1.82) is 0 Å². The Morgan fingerprint density at radius 2 is 1.65 bits per heavy atom. The Bertz CT molecular complexity index is 876. The van der Waals surface area contributed by atoms with Crippen molar-refractivity contribution in [2.75, 3.05) is 5.43 Å². The molecule has 116 valence electrons. The molecule has 5 heteroatoms. The molecule has 3 rings (SSSR count). The number of aromatic amines is 1. The highest BCUT2D eigenvalue weighted by molar-refractivity contribution is 5.99. The summed E-state index contributed by atoms with van der Waals surface area (Å²) in [6, 6.07) is 19.1. The molecule has 0 radical (unpaired) electrons. The molecular weight excluding hydrogens is 288 g/mol. The second-order valence-corrected chi connectivity index (χ2v) is 5.26. The molecule has 0 saturated carbocycles. The molecule has 0 atom stereocenters. The van der Waals surface area contributed by atoms with E-state index in [0.29, 0.717) is 11.3 Å². The lowest BCUT2D eigenvalue weighted by Gasteiger charge is -2.01. The Morgan fingerprint density at radius 1 is 1.04 bits per heavy atom. The lowest BCUT2D eigenvalue weighted by Crippen LogP contribution is -2.20. The van der Waals surface area contributed by atoms with Crippen LogP contribution in [-0.2, 0) is 0 Å². The number of H-pyrrole nitrogens is 1. The van der Waals surface area contributed by atoms with Gasteiger partial charge in [0.05, 0.1) is 22.6 Å². The minimum Gasteiger partial charge on any atom is -0.295 e. The summed E-state index contributed by atoms with van der Waals surface area (Å²) in [5, 5.41) is 7.43. The van der Waals surface area contributed by atoms with Gasteiger partial charge in [-0.2, -0.15) is 5.10 Å². The molecule has 0 aliphatic rings. The summed E-state index contributed by atoms with van der Waals surface area (Å²) in [5.41, 5.74) is 6.55. The van der Waals surface area contributed by atoms with Gasteiger partial charge >= 0.3 is 0 Å².